The van der Waals surface area contributed by atoms with Crippen LogP contribution in [0.15, 0.2) is 23.1 Å². The number of rotatable bonds is 1. The number of carbonyl (C=O) groups is 1. The second-order valence-electron chi connectivity index (χ2n) is 3.24. The lowest BCUT2D eigenvalue weighted by atomic mass is 10.00. The van der Waals surface area contributed by atoms with Crippen LogP contribution >= 0.6 is 11.8 Å². The second kappa shape index (κ2) is 3.07. The van der Waals surface area contributed by atoms with Crippen molar-refractivity contribution in [1.29, 1.82) is 0 Å². The van der Waals surface area contributed by atoms with Gasteiger partial charge in [0.2, 0.25) is 0 Å². The van der Waals surface area contributed by atoms with E-state index >= 15 is 0 Å². The summed E-state index contributed by atoms with van der Waals surface area (Å²) >= 11 is 1.63. The number of aryl methyl sites for hydroxylation is 1. The summed E-state index contributed by atoms with van der Waals surface area (Å²) in [7, 11) is 0. The van der Waals surface area contributed by atoms with Gasteiger partial charge in [-0.3, -0.25) is 4.79 Å². The predicted molar refractivity (Wildman–Crippen MR) is 52.3 cm³/mol. The largest absolute Gasteiger partial charge is 0.481 e. The van der Waals surface area contributed by atoms with Crippen molar-refractivity contribution in [2.24, 2.45) is 0 Å². The molecule has 1 unspecified atom stereocenters. The van der Waals surface area contributed by atoms with E-state index in [0.717, 1.165) is 16.0 Å². The van der Waals surface area contributed by atoms with Crippen molar-refractivity contribution in [3.05, 3.63) is 29.3 Å². The molecule has 0 aromatic heterocycles. The lowest BCUT2D eigenvalue weighted by molar-refractivity contribution is -0.138. The van der Waals surface area contributed by atoms with E-state index in [1.165, 1.54) is 0 Å². The molecule has 2 rings (SSSR count). The molecular weight excluding hydrogens is 184 g/mol. The molecule has 2 nitrogen and oxygen atoms in total. The highest BCUT2D eigenvalue weighted by Gasteiger charge is 2.28. The standard InChI is InChI=1S/C10H10O2S/c1-6-2-3-9-7(4-6)8(5-13-9)10(11)12/h2-4,8H,5H2,1H3,(H,11,12). The van der Waals surface area contributed by atoms with Crippen LogP contribution < -0.4 is 0 Å². The Morgan fingerprint density at radius 3 is 3.08 bits per heavy atom. The maximum atomic E-state index is 10.9. The van der Waals surface area contributed by atoms with E-state index in [1.54, 1.807) is 11.8 Å². The smallest absolute Gasteiger partial charge is 0.311 e. The molecule has 0 amide bonds. The quantitative estimate of drug-likeness (QED) is 0.745. The van der Waals surface area contributed by atoms with Gasteiger partial charge in [0.15, 0.2) is 0 Å². The lowest BCUT2D eigenvalue weighted by Crippen LogP contribution is -2.10. The summed E-state index contributed by atoms with van der Waals surface area (Å²) in [6.45, 7) is 1.99. The van der Waals surface area contributed by atoms with Gasteiger partial charge in [0, 0.05) is 10.6 Å². The van der Waals surface area contributed by atoms with E-state index in [2.05, 4.69) is 0 Å². The van der Waals surface area contributed by atoms with Gasteiger partial charge in [-0.2, -0.15) is 0 Å². The third-order valence-electron chi connectivity index (χ3n) is 2.24. The van der Waals surface area contributed by atoms with Gasteiger partial charge in [0.25, 0.3) is 0 Å². The highest BCUT2D eigenvalue weighted by Crippen LogP contribution is 2.39. The zero-order valence-electron chi connectivity index (χ0n) is 7.28. The molecule has 1 aliphatic heterocycles. The van der Waals surface area contributed by atoms with Crippen molar-refractivity contribution < 1.29 is 9.90 Å². The number of aliphatic carboxylic acids is 1. The second-order valence-corrected chi connectivity index (χ2v) is 4.30. The van der Waals surface area contributed by atoms with Crippen LogP contribution in [0.1, 0.15) is 17.0 Å². The molecule has 0 saturated carbocycles. The first-order valence-electron chi connectivity index (χ1n) is 4.14. The molecule has 0 bridgehead atoms. The lowest BCUT2D eigenvalue weighted by Gasteiger charge is -2.04. The number of hydrogen-bond donors (Lipinski definition) is 1. The molecule has 0 aliphatic carbocycles. The Labute approximate surface area is 81.0 Å². The van der Waals surface area contributed by atoms with E-state index in [9.17, 15) is 4.79 Å². The minimum Gasteiger partial charge on any atom is -0.481 e. The molecular formula is C10H10O2S. The van der Waals surface area contributed by atoms with Crippen molar-refractivity contribution in [3.63, 3.8) is 0 Å². The van der Waals surface area contributed by atoms with Crippen molar-refractivity contribution in [2.75, 3.05) is 5.75 Å². The topological polar surface area (TPSA) is 37.3 Å². The predicted octanol–water partition coefficient (Wildman–Crippen LogP) is 2.27. The van der Waals surface area contributed by atoms with Crippen LogP contribution in [-0.4, -0.2) is 16.8 Å². The van der Waals surface area contributed by atoms with E-state index in [0.29, 0.717) is 5.75 Å². The summed E-state index contributed by atoms with van der Waals surface area (Å²) in [6.07, 6.45) is 0. The highest BCUT2D eigenvalue weighted by molar-refractivity contribution is 7.99. The molecule has 1 atom stereocenters. The zero-order valence-corrected chi connectivity index (χ0v) is 8.10. The molecule has 68 valence electrons. The molecule has 1 heterocycles. The van der Waals surface area contributed by atoms with E-state index < -0.39 is 5.97 Å². The number of benzene rings is 1. The van der Waals surface area contributed by atoms with Gasteiger partial charge in [-0.1, -0.05) is 17.7 Å². The fourth-order valence-electron chi connectivity index (χ4n) is 1.54. The summed E-state index contributed by atoms with van der Waals surface area (Å²) < 4.78 is 0. The Morgan fingerprint density at radius 2 is 2.38 bits per heavy atom. The Hall–Kier alpha value is -0.960. The summed E-state index contributed by atoms with van der Waals surface area (Å²) in [5.74, 6) is -0.342. The normalized spacial score (nSPS) is 19.9. The monoisotopic (exact) mass is 194 g/mol. The average Bonchev–Trinajstić information content (AvgIpc) is 2.46. The number of thioether (sulfide) groups is 1. The van der Waals surface area contributed by atoms with E-state index in [1.807, 2.05) is 25.1 Å². The van der Waals surface area contributed by atoms with E-state index in [4.69, 9.17) is 5.11 Å². The van der Waals surface area contributed by atoms with Gasteiger partial charge in [-0.15, -0.1) is 11.8 Å². The van der Waals surface area contributed by atoms with Crippen molar-refractivity contribution in [3.8, 4) is 0 Å². The summed E-state index contributed by atoms with van der Waals surface area (Å²) in [4.78, 5) is 12.0. The Bertz CT molecular complexity index is 360. The molecule has 0 fully saturated rings. The van der Waals surface area contributed by atoms with Gasteiger partial charge in [-0.25, -0.2) is 0 Å². The first-order chi connectivity index (χ1) is 6.18. The Balaban J connectivity index is 2.46. The fourth-order valence-corrected chi connectivity index (χ4v) is 2.74. The molecule has 1 aromatic rings. The Morgan fingerprint density at radius 1 is 1.62 bits per heavy atom. The number of carboxylic acids is 1. The SMILES string of the molecule is Cc1ccc2c(c1)C(C(=O)O)CS2. The molecule has 0 spiro atoms. The van der Waals surface area contributed by atoms with Crippen molar-refractivity contribution in [2.45, 2.75) is 17.7 Å². The van der Waals surface area contributed by atoms with Crippen LogP contribution in [0.3, 0.4) is 0 Å². The minimum atomic E-state index is -0.711. The molecule has 1 N–H and O–H groups in total. The third kappa shape index (κ3) is 1.44. The van der Waals surface area contributed by atoms with Gasteiger partial charge in [0.05, 0.1) is 5.92 Å². The summed E-state index contributed by atoms with van der Waals surface area (Å²) in [6, 6.07) is 6.02. The van der Waals surface area contributed by atoms with Crippen LogP contribution in [0.4, 0.5) is 0 Å². The van der Waals surface area contributed by atoms with Crippen LogP contribution in [0.5, 0.6) is 0 Å². The van der Waals surface area contributed by atoms with Crippen LogP contribution in [0.25, 0.3) is 0 Å². The zero-order chi connectivity index (χ0) is 9.42. The van der Waals surface area contributed by atoms with Crippen molar-refractivity contribution in [1.82, 2.24) is 0 Å². The number of hydrogen-bond acceptors (Lipinski definition) is 2. The molecule has 1 aliphatic rings. The maximum absolute atomic E-state index is 10.9. The number of carboxylic acid groups (broad SMARTS) is 1. The van der Waals surface area contributed by atoms with Crippen molar-refractivity contribution >= 4 is 17.7 Å². The third-order valence-corrected chi connectivity index (χ3v) is 3.43. The molecule has 1 aromatic carbocycles. The molecule has 0 saturated heterocycles. The maximum Gasteiger partial charge on any atom is 0.311 e. The Kier molecular flexibility index (Phi) is 2.04. The fraction of sp³-hybridized carbons (Fsp3) is 0.300. The van der Waals surface area contributed by atoms with Crippen LogP contribution in [0.2, 0.25) is 0 Å². The summed E-state index contributed by atoms with van der Waals surface area (Å²) in [5.41, 5.74) is 2.12. The molecule has 0 radical (unpaired) electrons. The van der Waals surface area contributed by atoms with Gasteiger partial charge in [-0.05, 0) is 18.6 Å². The summed E-state index contributed by atoms with van der Waals surface area (Å²) in [5, 5.41) is 8.94. The molecule has 13 heavy (non-hydrogen) atoms. The van der Waals surface area contributed by atoms with E-state index in [-0.39, 0.29) is 5.92 Å². The van der Waals surface area contributed by atoms with Gasteiger partial charge in [0.1, 0.15) is 0 Å². The highest BCUT2D eigenvalue weighted by atomic mass is 32.2. The minimum absolute atomic E-state index is 0.306. The first kappa shape index (κ1) is 8.63. The molecule has 3 heteroatoms. The average molecular weight is 194 g/mol. The van der Waals surface area contributed by atoms with Crippen LogP contribution in [0, 0.1) is 6.92 Å². The van der Waals surface area contributed by atoms with Gasteiger partial charge >= 0.3 is 5.97 Å². The van der Waals surface area contributed by atoms with Gasteiger partial charge < -0.3 is 5.11 Å². The number of fused-ring (bicyclic) bond motifs is 1. The first-order valence-corrected chi connectivity index (χ1v) is 5.13. The van der Waals surface area contributed by atoms with Crippen LogP contribution in [-0.2, 0) is 4.79 Å².